The Morgan fingerprint density at radius 1 is 1.12 bits per heavy atom. The lowest BCUT2D eigenvalue weighted by molar-refractivity contribution is -0.144. The van der Waals surface area contributed by atoms with Crippen molar-refractivity contribution in [2.45, 2.75) is 70.8 Å². The van der Waals surface area contributed by atoms with Crippen molar-refractivity contribution in [3.63, 3.8) is 0 Å². The van der Waals surface area contributed by atoms with Crippen molar-refractivity contribution in [1.29, 1.82) is 0 Å². The van der Waals surface area contributed by atoms with Crippen LogP contribution < -0.4 is 0 Å². The molecule has 1 unspecified atom stereocenters. The van der Waals surface area contributed by atoms with Gasteiger partial charge in [-0.1, -0.05) is 51.9 Å². The summed E-state index contributed by atoms with van der Waals surface area (Å²) in [7, 11) is 0. The molecule has 0 bridgehead atoms. The SMILES string of the molecule is CCCCCCCCCCC(=O)OCC1CO1. The van der Waals surface area contributed by atoms with Gasteiger partial charge in [0.1, 0.15) is 12.7 Å². The molecule has 0 saturated carbocycles. The van der Waals surface area contributed by atoms with Crippen LogP contribution in [0.2, 0.25) is 0 Å². The quantitative estimate of drug-likeness (QED) is 0.316. The molecule has 17 heavy (non-hydrogen) atoms. The molecule has 0 aliphatic carbocycles. The van der Waals surface area contributed by atoms with Crippen LogP contribution in [0.4, 0.5) is 0 Å². The number of hydrogen-bond acceptors (Lipinski definition) is 3. The monoisotopic (exact) mass is 242 g/mol. The van der Waals surface area contributed by atoms with Crippen molar-refractivity contribution in [2.24, 2.45) is 0 Å². The molecule has 0 aromatic carbocycles. The first-order valence-electron chi connectivity index (χ1n) is 7.10. The fourth-order valence-corrected chi connectivity index (χ4v) is 1.83. The molecule has 3 nitrogen and oxygen atoms in total. The smallest absolute Gasteiger partial charge is 0.305 e. The van der Waals surface area contributed by atoms with Crippen LogP contribution in [-0.4, -0.2) is 25.3 Å². The minimum atomic E-state index is -0.0634. The molecule has 100 valence electrons. The summed E-state index contributed by atoms with van der Waals surface area (Å²) in [6, 6.07) is 0. The molecule has 1 saturated heterocycles. The van der Waals surface area contributed by atoms with Gasteiger partial charge < -0.3 is 9.47 Å². The highest BCUT2D eigenvalue weighted by Gasteiger charge is 2.23. The number of rotatable bonds is 11. The van der Waals surface area contributed by atoms with E-state index in [0.717, 1.165) is 19.4 Å². The van der Waals surface area contributed by atoms with Crippen molar-refractivity contribution in [3.05, 3.63) is 0 Å². The van der Waals surface area contributed by atoms with Crippen LogP contribution in [0.15, 0.2) is 0 Å². The Morgan fingerprint density at radius 3 is 2.29 bits per heavy atom. The topological polar surface area (TPSA) is 38.8 Å². The second kappa shape index (κ2) is 9.46. The highest BCUT2D eigenvalue weighted by atomic mass is 16.6. The molecule has 0 aromatic heterocycles. The molecule has 3 heteroatoms. The Kier molecular flexibility index (Phi) is 8.06. The molecule has 0 amide bonds. The van der Waals surface area contributed by atoms with E-state index in [9.17, 15) is 4.79 Å². The van der Waals surface area contributed by atoms with E-state index in [4.69, 9.17) is 9.47 Å². The van der Waals surface area contributed by atoms with Gasteiger partial charge in [-0.15, -0.1) is 0 Å². The summed E-state index contributed by atoms with van der Waals surface area (Å²) >= 11 is 0. The van der Waals surface area contributed by atoms with Crippen LogP contribution in [0.25, 0.3) is 0 Å². The third-order valence-corrected chi connectivity index (χ3v) is 3.07. The first kappa shape index (κ1) is 14.5. The van der Waals surface area contributed by atoms with Gasteiger partial charge in [-0.3, -0.25) is 4.79 Å². The summed E-state index contributed by atoms with van der Waals surface area (Å²) in [4.78, 5) is 11.3. The Morgan fingerprint density at radius 2 is 1.71 bits per heavy atom. The maximum atomic E-state index is 11.3. The molecular formula is C14H26O3. The van der Waals surface area contributed by atoms with Crippen LogP contribution in [-0.2, 0) is 14.3 Å². The van der Waals surface area contributed by atoms with E-state index in [1.54, 1.807) is 0 Å². The highest BCUT2D eigenvalue weighted by Crippen LogP contribution is 2.11. The van der Waals surface area contributed by atoms with Crippen LogP contribution in [0.3, 0.4) is 0 Å². The van der Waals surface area contributed by atoms with Gasteiger partial charge in [0.2, 0.25) is 0 Å². The molecule has 1 fully saturated rings. The third kappa shape index (κ3) is 9.16. The second-order valence-corrected chi connectivity index (χ2v) is 4.86. The largest absolute Gasteiger partial charge is 0.463 e. The molecule has 1 aliphatic heterocycles. The zero-order valence-corrected chi connectivity index (χ0v) is 11.1. The maximum absolute atomic E-state index is 11.3. The van der Waals surface area contributed by atoms with Crippen LogP contribution in [0.5, 0.6) is 0 Å². The van der Waals surface area contributed by atoms with E-state index in [2.05, 4.69) is 6.92 Å². The van der Waals surface area contributed by atoms with E-state index in [-0.39, 0.29) is 12.1 Å². The van der Waals surface area contributed by atoms with E-state index in [1.165, 1.54) is 38.5 Å². The number of carbonyl (C=O) groups is 1. The van der Waals surface area contributed by atoms with Gasteiger partial charge in [-0.25, -0.2) is 0 Å². The number of hydrogen-bond donors (Lipinski definition) is 0. The van der Waals surface area contributed by atoms with Gasteiger partial charge in [0.25, 0.3) is 0 Å². The van der Waals surface area contributed by atoms with Crippen molar-refractivity contribution < 1.29 is 14.3 Å². The van der Waals surface area contributed by atoms with Crippen LogP contribution >= 0.6 is 0 Å². The van der Waals surface area contributed by atoms with Crippen molar-refractivity contribution in [2.75, 3.05) is 13.2 Å². The summed E-state index contributed by atoms with van der Waals surface area (Å²) in [5, 5.41) is 0. The van der Waals surface area contributed by atoms with Gasteiger partial charge >= 0.3 is 5.97 Å². The predicted molar refractivity (Wildman–Crippen MR) is 67.9 cm³/mol. The van der Waals surface area contributed by atoms with Gasteiger partial charge in [0.05, 0.1) is 6.61 Å². The van der Waals surface area contributed by atoms with E-state index in [0.29, 0.717) is 13.0 Å². The number of esters is 1. The Balaban J connectivity index is 1.74. The number of unbranched alkanes of at least 4 members (excludes halogenated alkanes) is 7. The predicted octanol–water partition coefficient (Wildman–Crippen LogP) is 3.46. The average molecular weight is 242 g/mol. The summed E-state index contributed by atoms with van der Waals surface area (Å²) in [6.45, 7) is 3.44. The molecular weight excluding hydrogens is 216 g/mol. The van der Waals surface area contributed by atoms with Gasteiger partial charge in [-0.2, -0.15) is 0 Å². The van der Waals surface area contributed by atoms with E-state index < -0.39 is 0 Å². The standard InChI is InChI=1S/C14H26O3/c1-2-3-4-5-6-7-8-9-10-14(15)17-12-13-11-16-13/h13H,2-12H2,1H3. The van der Waals surface area contributed by atoms with Gasteiger partial charge in [-0.05, 0) is 6.42 Å². The molecule has 0 radical (unpaired) electrons. The molecule has 0 spiro atoms. The first-order valence-corrected chi connectivity index (χ1v) is 7.10. The lowest BCUT2D eigenvalue weighted by atomic mass is 10.1. The fraction of sp³-hybridized carbons (Fsp3) is 0.929. The van der Waals surface area contributed by atoms with E-state index >= 15 is 0 Å². The molecule has 0 N–H and O–H groups in total. The minimum Gasteiger partial charge on any atom is -0.463 e. The Labute approximate surface area is 105 Å². The van der Waals surface area contributed by atoms with Gasteiger partial charge in [0, 0.05) is 6.42 Å². The third-order valence-electron chi connectivity index (χ3n) is 3.07. The van der Waals surface area contributed by atoms with Crippen LogP contribution in [0, 0.1) is 0 Å². The summed E-state index contributed by atoms with van der Waals surface area (Å²) in [5.41, 5.74) is 0. The first-order chi connectivity index (χ1) is 8.33. The molecule has 1 aliphatic rings. The normalized spacial score (nSPS) is 18.1. The van der Waals surface area contributed by atoms with Gasteiger partial charge in [0.15, 0.2) is 0 Å². The highest BCUT2D eigenvalue weighted by molar-refractivity contribution is 5.69. The maximum Gasteiger partial charge on any atom is 0.305 e. The minimum absolute atomic E-state index is 0.0634. The number of carbonyl (C=O) groups excluding carboxylic acids is 1. The lowest BCUT2D eigenvalue weighted by Gasteiger charge is -2.03. The zero-order chi connectivity index (χ0) is 12.3. The molecule has 1 atom stereocenters. The fourth-order valence-electron chi connectivity index (χ4n) is 1.83. The van der Waals surface area contributed by atoms with Crippen molar-refractivity contribution in [1.82, 2.24) is 0 Å². The Hall–Kier alpha value is -0.570. The van der Waals surface area contributed by atoms with Crippen LogP contribution in [0.1, 0.15) is 64.7 Å². The average Bonchev–Trinajstić information content (AvgIpc) is 3.14. The Bertz CT molecular complexity index is 200. The summed E-state index contributed by atoms with van der Waals surface area (Å²) in [6.07, 6.45) is 10.8. The molecule has 1 rings (SSSR count). The number of epoxide rings is 1. The number of ether oxygens (including phenoxy) is 2. The van der Waals surface area contributed by atoms with Crippen molar-refractivity contribution >= 4 is 5.97 Å². The summed E-state index contributed by atoms with van der Waals surface area (Å²) in [5.74, 6) is -0.0634. The molecule has 1 heterocycles. The van der Waals surface area contributed by atoms with Crippen molar-refractivity contribution in [3.8, 4) is 0 Å². The second-order valence-electron chi connectivity index (χ2n) is 4.86. The lowest BCUT2D eigenvalue weighted by Crippen LogP contribution is -2.09. The van der Waals surface area contributed by atoms with E-state index in [1.807, 2.05) is 0 Å². The summed E-state index contributed by atoms with van der Waals surface area (Å²) < 4.78 is 10.0. The zero-order valence-electron chi connectivity index (χ0n) is 11.1. The molecule has 0 aromatic rings.